The molecule has 2 bridgehead atoms. The van der Waals surface area contributed by atoms with E-state index in [4.69, 9.17) is 4.74 Å². The molecular weight excluding hydrogens is 236 g/mol. The predicted molar refractivity (Wildman–Crippen MR) is 64.2 cm³/mol. The fourth-order valence-corrected chi connectivity index (χ4v) is 2.86. The number of piperidine rings is 3. The molecule has 3 rings (SSSR count). The van der Waals surface area contributed by atoms with Gasteiger partial charge in [0.05, 0.1) is 0 Å². The molecule has 0 saturated carbocycles. The first kappa shape index (κ1) is 12.9. The van der Waals surface area contributed by atoms with Gasteiger partial charge in [-0.2, -0.15) is 0 Å². The largest absolute Gasteiger partial charge is 0.479 e. The number of amides is 1. The van der Waals surface area contributed by atoms with Crippen LogP contribution < -0.4 is 5.32 Å². The van der Waals surface area contributed by atoms with Crippen LogP contribution in [-0.4, -0.2) is 53.8 Å². The van der Waals surface area contributed by atoms with Crippen molar-refractivity contribution in [3.05, 3.63) is 12.7 Å². The number of nitrogens with one attached hydrogen (secondary N) is 1. The average molecular weight is 254 g/mol. The third-order valence-electron chi connectivity index (χ3n) is 3.80. The van der Waals surface area contributed by atoms with Crippen molar-refractivity contribution < 1.29 is 19.4 Å². The fourth-order valence-electron chi connectivity index (χ4n) is 2.86. The molecule has 3 heterocycles. The number of fused-ring (bicyclic) bond motifs is 3. The van der Waals surface area contributed by atoms with Crippen molar-refractivity contribution in [1.29, 1.82) is 0 Å². The van der Waals surface area contributed by atoms with E-state index < -0.39 is 17.6 Å². The number of hydrogen-bond donors (Lipinski definition) is 2. The van der Waals surface area contributed by atoms with Crippen LogP contribution >= 0.6 is 0 Å². The van der Waals surface area contributed by atoms with Gasteiger partial charge in [-0.1, -0.05) is 12.7 Å². The maximum atomic E-state index is 11.6. The van der Waals surface area contributed by atoms with Gasteiger partial charge in [-0.05, 0) is 31.8 Å². The van der Waals surface area contributed by atoms with E-state index in [9.17, 15) is 14.7 Å². The number of carbonyl (C=O) groups is 2. The standard InChI is InChI=1S/C12H18N2O4/c1-2-7-18-11(17)13-12(10(15)16)8-14-5-3-9(12)4-6-14/h2,9H,1,3-8H2,(H,13,17)(H,15,16). The number of hydrogen-bond acceptors (Lipinski definition) is 4. The van der Waals surface area contributed by atoms with Crippen LogP contribution in [0, 0.1) is 5.92 Å². The van der Waals surface area contributed by atoms with Gasteiger partial charge in [0.15, 0.2) is 5.54 Å². The van der Waals surface area contributed by atoms with E-state index in [-0.39, 0.29) is 12.5 Å². The van der Waals surface area contributed by atoms with Crippen LogP contribution in [0.4, 0.5) is 4.79 Å². The Morgan fingerprint density at radius 3 is 2.61 bits per heavy atom. The summed E-state index contributed by atoms with van der Waals surface area (Å²) >= 11 is 0. The number of ether oxygens (including phenoxy) is 1. The summed E-state index contributed by atoms with van der Waals surface area (Å²) in [4.78, 5) is 25.2. The van der Waals surface area contributed by atoms with Crippen LogP contribution in [0.5, 0.6) is 0 Å². The third-order valence-corrected chi connectivity index (χ3v) is 3.80. The van der Waals surface area contributed by atoms with Gasteiger partial charge >= 0.3 is 12.1 Å². The van der Waals surface area contributed by atoms with Crippen molar-refractivity contribution in [3.63, 3.8) is 0 Å². The van der Waals surface area contributed by atoms with Crippen LogP contribution in [0.2, 0.25) is 0 Å². The Balaban J connectivity index is 2.10. The highest BCUT2D eigenvalue weighted by atomic mass is 16.5. The molecule has 3 saturated heterocycles. The molecule has 0 aromatic rings. The predicted octanol–water partition coefficient (Wildman–Crippen LogP) is 0.448. The van der Waals surface area contributed by atoms with E-state index >= 15 is 0 Å². The van der Waals surface area contributed by atoms with Gasteiger partial charge in [0, 0.05) is 6.54 Å². The lowest BCUT2D eigenvalue weighted by molar-refractivity contribution is -0.153. The molecule has 3 fully saturated rings. The van der Waals surface area contributed by atoms with Gasteiger partial charge in [-0.25, -0.2) is 9.59 Å². The Bertz CT molecular complexity index is 363. The van der Waals surface area contributed by atoms with Gasteiger partial charge in [0.2, 0.25) is 0 Å². The highest BCUT2D eigenvalue weighted by Gasteiger charge is 2.53. The summed E-state index contributed by atoms with van der Waals surface area (Å²) in [6.07, 6.45) is 2.36. The van der Waals surface area contributed by atoms with Gasteiger partial charge in [0.25, 0.3) is 0 Å². The summed E-state index contributed by atoms with van der Waals surface area (Å²) in [5, 5.41) is 12.0. The van der Waals surface area contributed by atoms with Crippen molar-refractivity contribution >= 4 is 12.1 Å². The maximum absolute atomic E-state index is 11.6. The summed E-state index contributed by atoms with van der Waals surface area (Å²) < 4.78 is 4.83. The first-order chi connectivity index (χ1) is 8.58. The van der Waals surface area contributed by atoms with Crippen molar-refractivity contribution in [1.82, 2.24) is 10.2 Å². The number of aliphatic carboxylic acids is 1. The Labute approximate surface area is 106 Å². The highest BCUT2D eigenvalue weighted by molar-refractivity contribution is 5.85. The van der Waals surface area contributed by atoms with Crippen LogP contribution in [-0.2, 0) is 9.53 Å². The number of rotatable bonds is 4. The van der Waals surface area contributed by atoms with Crippen LogP contribution in [0.1, 0.15) is 12.8 Å². The second-order valence-electron chi connectivity index (χ2n) is 4.84. The molecule has 6 nitrogen and oxygen atoms in total. The quantitative estimate of drug-likeness (QED) is 0.712. The number of nitrogens with zero attached hydrogens (tertiary/aromatic N) is 1. The number of carboxylic acids is 1. The Hall–Kier alpha value is -1.56. The van der Waals surface area contributed by atoms with Crippen LogP contribution in [0.15, 0.2) is 12.7 Å². The van der Waals surface area contributed by atoms with Gasteiger partial charge in [-0.15, -0.1) is 0 Å². The van der Waals surface area contributed by atoms with Gasteiger partial charge in [0.1, 0.15) is 6.61 Å². The molecule has 0 radical (unpaired) electrons. The Kier molecular flexibility index (Phi) is 3.56. The lowest BCUT2D eigenvalue weighted by atomic mass is 9.73. The molecule has 1 unspecified atom stereocenters. The number of alkyl carbamates (subject to hydrolysis) is 1. The lowest BCUT2D eigenvalue weighted by Crippen LogP contribution is -2.70. The average Bonchev–Trinajstić information content (AvgIpc) is 2.37. The number of carboxylic acid groups (broad SMARTS) is 1. The van der Waals surface area contributed by atoms with Crippen molar-refractivity contribution in [3.8, 4) is 0 Å². The summed E-state index contributed by atoms with van der Waals surface area (Å²) in [6.45, 7) is 5.69. The molecule has 1 amide bonds. The first-order valence-electron chi connectivity index (χ1n) is 6.10. The topological polar surface area (TPSA) is 78.9 Å². The molecule has 3 aliphatic heterocycles. The van der Waals surface area contributed by atoms with E-state index in [2.05, 4.69) is 16.8 Å². The minimum Gasteiger partial charge on any atom is -0.479 e. The molecule has 0 aromatic heterocycles. The number of carbonyl (C=O) groups excluding carboxylic acids is 1. The van der Waals surface area contributed by atoms with Crippen LogP contribution in [0.25, 0.3) is 0 Å². The highest BCUT2D eigenvalue weighted by Crippen LogP contribution is 2.36. The molecule has 18 heavy (non-hydrogen) atoms. The molecule has 0 spiro atoms. The molecule has 6 heteroatoms. The van der Waals surface area contributed by atoms with Crippen LogP contribution in [0.3, 0.4) is 0 Å². The monoisotopic (exact) mass is 254 g/mol. The van der Waals surface area contributed by atoms with Gasteiger partial charge in [-0.3, -0.25) is 0 Å². The molecule has 2 N–H and O–H groups in total. The zero-order chi connectivity index (χ0) is 13.2. The molecule has 0 aromatic carbocycles. The zero-order valence-electron chi connectivity index (χ0n) is 10.2. The van der Waals surface area contributed by atoms with Crippen molar-refractivity contribution in [2.24, 2.45) is 5.92 Å². The van der Waals surface area contributed by atoms with E-state index in [0.717, 1.165) is 25.9 Å². The maximum Gasteiger partial charge on any atom is 0.408 e. The minimum atomic E-state index is -1.20. The summed E-state index contributed by atoms with van der Waals surface area (Å²) in [5.41, 5.74) is -1.20. The van der Waals surface area contributed by atoms with E-state index in [0.29, 0.717) is 6.54 Å². The second-order valence-corrected chi connectivity index (χ2v) is 4.84. The SMILES string of the molecule is C=CCOC(=O)NC1(C(=O)O)CN2CCC1CC2. The molecule has 0 aliphatic carbocycles. The van der Waals surface area contributed by atoms with E-state index in [1.165, 1.54) is 6.08 Å². The minimum absolute atomic E-state index is 0.0173. The van der Waals surface area contributed by atoms with Crippen molar-refractivity contribution in [2.45, 2.75) is 18.4 Å². The summed E-state index contributed by atoms with van der Waals surface area (Å²) in [7, 11) is 0. The third kappa shape index (κ3) is 2.20. The van der Waals surface area contributed by atoms with Gasteiger partial charge < -0.3 is 20.1 Å². The molecule has 100 valence electrons. The zero-order valence-corrected chi connectivity index (χ0v) is 10.2. The van der Waals surface area contributed by atoms with Crippen molar-refractivity contribution in [2.75, 3.05) is 26.2 Å². The Morgan fingerprint density at radius 2 is 2.17 bits per heavy atom. The fraction of sp³-hybridized carbons (Fsp3) is 0.667. The second kappa shape index (κ2) is 4.97. The van der Waals surface area contributed by atoms with E-state index in [1.807, 2.05) is 0 Å². The summed E-state index contributed by atoms with van der Waals surface area (Å²) in [5.74, 6) is -0.997. The Morgan fingerprint density at radius 1 is 1.50 bits per heavy atom. The molecule has 1 atom stereocenters. The van der Waals surface area contributed by atoms with E-state index in [1.54, 1.807) is 0 Å². The lowest BCUT2D eigenvalue weighted by Gasteiger charge is -2.50. The molecule has 3 aliphatic rings. The normalized spacial score (nSPS) is 33.8. The summed E-state index contributed by atoms with van der Waals surface area (Å²) in [6, 6.07) is 0. The molecular formula is C12H18N2O4. The first-order valence-corrected chi connectivity index (χ1v) is 6.10. The smallest absolute Gasteiger partial charge is 0.408 e.